The van der Waals surface area contributed by atoms with Crippen LogP contribution < -0.4 is 11.1 Å². The molecule has 0 unspecified atom stereocenters. The van der Waals surface area contributed by atoms with E-state index in [1.165, 1.54) is 5.56 Å². The number of aliphatic hydroxyl groups excluding tert-OH is 1. The largest absolute Gasteiger partial charge is 0.510 e. The third-order valence-electron chi connectivity index (χ3n) is 7.00. The molecule has 29 heavy (non-hydrogen) atoms. The van der Waals surface area contributed by atoms with Gasteiger partial charge >= 0.3 is 0 Å². The Morgan fingerprint density at radius 1 is 1.34 bits per heavy atom. The number of benzene rings is 1. The average Bonchev–Trinajstić information content (AvgIpc) is 2.65. The second-order valence-electron chi connectivity index (χ2n) is 8.36. The maximum atomic E-state index is 13.2. The highest BCUT2D eigenvalue weighted by molar-refractivity contribution is 6.24. The molecule has 6 heteroatoms. The van der Waals surface area contributed by atoms with Crippen molar-refractivity contribution >= 4 is 17.3 Å². The molecular formula is C23H26N2O4. The molecule has 152 valence electrons. The summed E-state index contributed by atoms with van der Waals surface area (Å²) in [5.74, 6) is -2.81. The molecule has 0 aromatic heterocycles. The van der Waals surface area contributed by atoms with Gasteiger partial charge in [-0.1, -0.05) is 24.8 Å². The summed E-state index contributed by atoms with van der Waals surface area (Å²) in [5, 5.41) is 25.3. The van der Waals surface area contributed by atoms with Crippen LogP contribution in [0.2, 0.25) is 0 Å². The minimum Gasteiger partial charge on any atom is -0.510 e. The maximum Gasteiger partial charge on any atom is 0.255 e. The fraction of sp³-hybridized carbons (Fsp3) is 0.391. The van der Waals surface area contributed by atoms with Crippen LogP contribution in [-0.2, 0) is 16.0 Å². The third kappa shape index (κ3) is 2.42. The van der Waals surface area contributed by atoms with Crippen molar-refractivity contribution in [2.24, 2.45) is 17.6 Å². The van der Waals surface area contributed by atoms with E-state index in [9.17, 15) is 19.8 Å². The number of likely N-dealkylation sites (N-methyl/N-ethyl adjacent to an activating group) is 1. The molecule has 0 fully saturated rings. The SMILES string of the molecule is C=C1C2=C(C)[C@]3(O)C(=O)C(C(N)=O)=C(O)[C@@H](NC)[C@@H]3C[C@@H]2Cc2cccc(C)c21. The van der Waals surface area contributed by atoms with Crippen LogP contribution in [0.3, 0.4) is 0 Å². The summed E-state index contributed by atoms with van der Waals surface area (Å²) in [5.41, 5.74) is 8.47. The van der Waals surface area contributed by atoms with Crippen LogP contribution in [0.25, 0.3) is 5.57 Å². The van der Waals surface area contributed by atoms with Crippen LogP contribution >= 0.6 is 0 Å². The molecule has 4 atom stereocenters. The molecule has 3 aliphatic carbocycles. The summed E-state index contributed by atoms with van der Waals surface area (Å²) < 4.78 is 0. The lowest BCUT2D eigenvalue weighted by Crippen LogP contribution is -2.63. The Morgan fingerprint density at radius 3 is 2.66 bits per heavy atom. The van der Waals surface area contributed by atoms with Crippen molar-refractivity contribution in [3.63, 3.8) is 0 Å². The Balaban J connectivity index is 1.95. The van der Waals surface area contributed by atoms with Crippen molar-refractivity contribution < 1.29 is 19.8 Å². The predicted molar refractivity (Wildman–Crippen MR) is 110 cm³/mol. The first-order valence-corrected chi connectivity index (χ1v) is 9.81. The summed E-state index contributed by atoms with van der Waals surface area (Å²) in [6.45, 7) is 8.06. The number of hydrogen-bond acceptors (Lipinski definition) is 5. The molecule has 4 rings (SSSR count). The molecule has 1 aromatic carbocycles. The second-order valence-corrected chi connectivity index (χ2v) is 8.36. The van der Waals surface area contributed by atoms with Gasteiger partial charge in [-0.05, 0) is 73.1 Å². The number of ketones is 1. The smallest absolute Gasteiger partial charge is 0.255 e. The highest BCUT2D eigenvalue weighted by Gasteiger charge is 2.59. The predicted octanol–water partition coefficient (Wildman–Crippen LogP) is 1.72. The normalized spacial score (nSPS) is 31.4. The number of carbonyl (C=O) groups excluding carboxylic acids is 2. The van der Waals surface area contributed by atoms with E-state index in [4.69, 9.17) is 5.73 Å². The van der Waals surface area contributed by atoms with E-state index >= 15 is 0 Å². The minimum absolute atomic E-state index is 0.0636. The van der Waals surface area contributed by atoms with E-state index in [0.717, 1.165) is 28.7 Å². The molecule has 0 aliphatic heterocycles. The zero-order valence-electron chi connectivity index (χ0n) is 16.9. The molecule has 0 saturated heterocycles. The third-order valence-corrected chi connectivity index (χ3v) is 7.00. The monoisotopic (exact) mass is 394 g/mol. The zero-order chi connectivity index (χ0) is 21.2. The van der Waals surface area contributed by atoms with Gasteiger partial charge in [-0.3, -0.25) is 9.59 Å². The van der Waals surface area contributed by atoms with Gasteiger partial charge in [0.2, 0.25) is 5.78 Å². The number of fused-ring (bicyclic) bond motifs is 3. The van der Waals surface area contributed by atoms with Crippen molar-refractivity contribution in [3.8, 4) is 0 Å². The van der Waals surface area contributed by atoms with E-state index in [1.807, 2.05) is 19.1 Å². The number of hydrogen-bond donors (Lipinski definition) is 4. The Labute approximate surface area is 169 Å². The molecular weight excluding hydrogens is 368 g/mol. The van der Waals surface area contributed by atoms with Crippen LogP contribution in [0.15, 0.2) is 47.3 Å². The Morgan fingerprint density at radius 2 is 2.03 bits per heavy atom. The van der Waals surface area contributed by atoms with Gasteiger partial charge in [0, 0.05) is 5.92 Å². The highest BCUT2D eigenvalue weighted by atomic mass is 16.3. The first-order chi connectivity index (χ1) is 13.6. The van der Waals surface area contributed by atoms with E-state index in [1.54, 1.807) is 14.0 Å². The van der Waals surface area contributed by atoms with Crippen LogP contribution in [0.1, 0.15) is 30.0 Å². The molecule has 5 N–H and O–H groups in total. The van der Waals surface area contributed by atoms with Gasteiger partial charge in [0.05, 0.1) is 6.04 Å². The van der Waals surface area contributed by atoms with Crippen molar-refractivity contribution in [3.05, 3.63) is 63.9 Å². The van der Waals surface area contributed by atoms with Gasteiger partial charge in [0.1, 0.15) is 11.3 Å². The van der Waals surface area contributed by atoms with Gasteiger partial charge in [-0.15, -0.1) is 0 Å². The lowest BCUT2D eigenvalue weighted by atomic mass is 9.56. The summed E-state index contributed by atoms with van der Waals surface area (Å²) in [6, 6.07) is 5.39. The van der Waals surface area contributed by atoms with Crippen molar-refractivity contribution in [1.29, 1.82) is 0 Å². The van der Waals surface area contributed by atoms with Gasteiger partial charge in [0.15, 0.2) is 5.60 Å². The number of allylic oxidation sites excluding steroid dienone is 2. The van der Waals surface area contributed by atoms with Gasteiger partial charge in [-0.2, -0.15) is 0 Å². The molecule has 0 radical (unpaired) electrons. The van der Waals surface area contributed by atoms with E-state index < -0.39 is 34.8 Å². The fourth-order valence-corrected chi connectivity index (χ4v) is 5.72. The number of aliphatic hydroxyl groups is 2. The van der Waals surface area contributed by atoms with Gasteiger partial charge in [-0.25, -0.2) is 0 Å². The van der Waals surface area contributed by atoms with E-state index in [2.05, 4.69) is 18.0 Å². The maximum absolute atomic E-state index is 13.2. The fourth-order valence-electron chi connectivity index (χ4n) is 5.72. The lowest BCUT2D eigenvalue weighted by Gasteiger charge is -2.51. The lowest BCUT2D eigenvalue weighted by molar-refractivity contribution is -0.141. The van der Waals surface area contributed by atoms with Crippen molar-refractivity contribution in [1.82, 2.24) is 5.32 Å². The Bertz CT molecular complexity index is 1040. The Hall–Kier alpha value is -2.70. The molecule has 0 heterocycles. The standard InChI is InChI=1S/C23H26N2O4/c1-10-6-5-7-13-8-14-9-15-19(25-4)20(26)18(22(24)28)21(27)23(15,29)12(3)17(14)11(2)16(10)13/h5-7,14-15,19,25-26,29H,2,8-9H2,1,3-4H3,(H2,24,28)/t14-,15-,19-,23+/m0/s1. The number of rotatable bonds is 2. The van der Waals surface area contributed by atoms with Gasteiger partial charge in [0.25, 0.3) is 5.91 Å². The highest BCUT2D eigenvalue weighted by Crippen LogP contribution is 2.54. The van der Waals surface area contributed by atoms with Crippen molar-refractivity contribution in [2.45, 2.75) is 38.3 Å². The number of aryl methyl sites for hydroxylation is 1. The second kappa shape index (κ2) is 6.40. The minimum atomic E-state index is -1.92. The van der Waals surface area contributed by atoms with Crippen LogP contribution in [0.5, 0.6) is 0 Å². The molecule has 0 spiro atoms. The molecule has 0 bridgehead atoms. The Kier molecular flexibility index (Phi) is 4.33. The summed E-state index contributed by atoms with van der Waals surface area (Å²) in [7, 11) is 1.63. The van der Waals surface area contributed by atoms with Crippen LogP contribution in [0.4, 0.5) is 0 Å². The summed E-state index contributed by atoms with van der Waals surface area (Å²) in [4.78, 5) is 25.2. The topological polar surface area (TPSA) is 113 Å². The summed E-state index contributed by atoms with van der Waals surface area (Å²) >= 11 is 0. The molecule has 1 amide bonds. The molecule has 3 aliphatic rings. The average molecular weight is 394 g/mol. The van der Waals surface area contributed by atoms with Crippen LogP contribution in [0, 0.1) is 18.8 Å². The van der Waals surface area contributed by atoms with E-state index in [-0.39, 0.29) is 11.7 Å². The number of primary amides is 1. The number of amides is 1. The van der Waals surface area contributed by atoms with Gasteiger partial charge < -0.3 is 21.3 Å². The first kappa shape index (κ1) is 19.6. The van der Waals surface area contributed by atoms with Crippen molar-refractivity contribution in [2.75, 3.05) is 7.05 Å². The number of nitrogens with one attached hydrogen (secondary N) is 1. The zero-order valence-corrected chi connectivity index (χ0v) is 16.9. The molecule has 6 nitrogen and oxygen atoms in total. The molecule has 0 saturated carbocycles. The number of carbonyl (C=O) groups is 2. The number of Topliss-reactive ketones (excluding diaryl/α,β-unsaturated/α-hetero) is 1. The summed E-state index contributed by atoms with van der Waals surface area (Å²) in [6.07, 6.45) is 1.25. The quantitative estimate of drug-likeness (QED) is 0.571. The molecule has 1 aromatic rings. The van der Waals surface area contributed by atoms with Crippen LogP contribution in [-0.4, -0.2) is 40.6 Å². The van der Waals surface area contributed by atoms with E-state index in [0.29, 0.717) is 12.0 Å². The number of nitrogens with two attached hydrogens (primary N) is 1. The first-order valence-electron chi connectivity index (χ1n) is 9.81.